The van der Waals surface area contributed by atoms with Crippen LogP contribution in [0.25, 0.3) is 0 Å². The van der Waals surface area contributed by atoms with Crippen LogP contribution < -0.4 is 16.0 Å². The molecule has 1 aromatic heterocycles. The molecule has 20 heavy (non-hydrogen) atoms. The Morgan fingerprint density at radius 1 is 1.45 bits per heavy atom. The minimum Gasteiger partial charge on any atom is -0.334 e. The van der Waals surface area contributed by atoms with Gasteiger partial charge in [-0.1, -0.05) is 6.07 Å². The second-order valence-corrected chi connectivity index (χ2v) is 4.54. The number of urea groups is 1. The molecule has 0 saturated carbocycles. The summed E-state index contributed by atoms with van der Waals surface area (Å²) in [5, 5.41) is 12.1. The lowest BCUT2D eigenvalue weighted by Gasteiger charge is -2.18. The van der Waals surface area contributed by atoms with Crippen molar-refractivity contribution in [3.8, 4) is 0 Å². The number of hydrogen-bond acceptors (Lipinski definition) is 3. The fourth-order valence-corrected chi connectivity index (χ4v) is 2.02. The van der Waals surface area contributed by atoms with E-state index in [0.717, 1.165) is 5.56 Å². The average Bonchev–Trinajstić information content (AvgIpc) is 2.83. The molecule has 3 amide bonds. The molecule has 7 heteroatoms. The van der Waals surface area contributed by atoms with Crippen molar-refractivity contribution in [3.63, 3.8) is 0 Å². The maximum absolute atomic E-state index is 12.1. The minimum absolute atomic E-state index is 0.242. The molecular weight excluding hydrogens is 258 g/mol. The summed E-state index contributed by atoms with van der Waals surface area (Å²) in [4.78, 5) is 23.4. The van der Waals surface area contributed by atoms with Gasteiger partial charge in [-0.3, -0.25) is 9.48 Å². The van der Waals surface area contributed by atoms with Crippen molar-refractivity contribution in [1.29, 1.82) is 0 Å². The molecule has 3 N–H and O–H groups in total. The third-order valence-electron chi connectivity index (χ3n) is 3.02. The van der Waals surface area contributed by atoms with Crippen LogP contribution in [0.15, 0.2) is 30.6 Å². The van der Waals surface area contributed by atoms with Crippen molar-refractivity contribution >= 4 is 23.3 Å². The Morgan fingerprint density at radius 2 is 2.30 bits per heavy atom. The van der Waals surface area contributed by atoms with E-state index in [1.807, 2.05) is 6.07 Å². The maximum atomic E-state index is 12.1. The molecule has 0 atom stereocenters. The Bertz CT molecular complexity index is 692. The molecule has 0 unspecified atom stereocenters. The molecule has 0 bridgehead atoms. The van der Waals surface area contributed by atoms with Crippen molar-refractivity contribution in [2.45, 2.75) is 6.54 Å². The number of hydrogen-bond donors (Lipinski definition) is 3. The van der Waals surface area contributed by atoms with Crippen LogP contribution in [0.5, 0.6) is 0 Å². The fourth-order valence-electron chi connectivity index (χ4n) is 2.02. The SMILES string of the molecule is Cn1cc(NC(=O)c2ccc3c(c2)NC(=O)NC3)cn1. The number of nitrogens with one attached hydrogen (secondary N) is 3. The first kappa shape index (κ1) is 12.2. The van der Waals surface area contributed by atoms with E-state index in [2.05, 4.69) is 21.0 Å². The van der Waals surface area contributed by atoms with Gasteiger partial charge in [0.1, 0.15) is 0 Å². The normalized spacial score (nSPS) is 13.2. The molecule has 0 fully saturated rings. The number of fused-ring (bicyclic) bond motifs is 1. The van der Waals surface area contributed by atoms with Crippen LogP contribution in [0.2, 0.25) is 0 Å². The van der Waals surface area contributed by atoms with E-state index < -0.39 is 0 Å². The molecule has 2 aromatic rings. The average molecular weight is 271 g/mol. The quantitative estimate of drug-likeness (QED) is 0.769. The molecule has 2 heterocycles. The zero-order valence-electron chi connectivity index (χ0n) is 10.8. The Kier molecular flexibility index (Phi) is 2.86. The summed E-state index contributed by atoms with van der Waals surface area (Å²) in [6, 6.07) is 4.95. The number of carbonyl (C=O) groups is 2. The molecular formula is C13H13N5O2. The number of benzene rings is 1. The third-order valence-corrected chi connectivity index (χ3v) is 3.02. The van der Waals surface area contributed by atoms with Gasteiger partial charge in [0.25, 0.3) is 5.91 Å². The summed E-state index contributed by atoms with van der Waals surface area (Å²) in [5.41, 5.74) is 2.71. The van der Waals surface area contributed by atoms with E-state index in [0.29, 0.717) is 23.5 Å². The summed E-state index contributed by atoms with van der Waals surface area (Å²) in [5.74, 6) is -0.242. The Hall–Kier alpha value is -2.83. The van der Waals surface area contributed by atoms with Crippen molar-refractivity contribution in [2.24, 2.45) is 7.05 Å². The van der Waals surface area contributed by atoms with Gasteiger partial charge in [-0.25, -0.2) is 4.79 Å². The van der Waals surface area contributed by atoms with Crippen molar-refractivity contribution in [3.05, 3.63) is 41.7 Å². The first-order valence-electron chi connectivity index (χ1n) is 6.09. The molecule has 7 nitrogen and oxygen atoms in total. The van der Waals surface area contributed by atoms with E-state index in [-0.39, 0.29) is 11.9 Å². The monoisotopic (exact) mass is 271 g/mol. The first-order valence-corrected chi connectivity index (χ1v) is 6.09. The first-order chi connectivity index (χ1) is 9.61. The van der Waals surface area contributed by atoms with Crippen LogP contribution in [-0.4, -0.2) is 21.7 Å². The van der Waals surface area contributed by atoms with E-state index in [1.54, 1.807) is 36.3 Å². The number of aromatic nitrogens is 2. The highest BCUT2D eigenvalue weighted by Crippen LogP contribution is 2.21. The summed E-state index contributed by atoms with van der Waals surface area (Å²) < 4.78 is 1.61. The van der Waals surface area contributed by atoms with Gasteiger partial charge < -0.3 is 16.0 Å². The van der Waals surface area contributed by atoms with Crippen LogP contribution in [0.4, 0.5) is 16.2 Å². The zero-order chi connectivity index (χ0) is 14.1. The Labute approximate surface area is 115 Å². The van der Waals surface area contributed by atoms with E-state index in [1.165, 1.54) is 0 Å². The zero-order valence-corrected chi connectivity index (χ0v) is 10.8. The van der Waals surface area contributed by atoms with E-state index >= 15 is 0 Å². The highest BCUT2D eigenvalue weighted by atomic mass is 16.2. The molecule has 0 saturated heterocycles. The van der Waals surface area contributed by atoms with Gasteiger partial charge >= 0.3 is 6.03 Å². The number of rotatable bonds is 2. The molecule has 0 aliphatic carbocycles. The molecule has 0 spiro atoms. The largest absolute Gasteiger partial charge is 0.334 e. The number of anilines is 2. The van der Waals surface area contributed by atoms with Gasteiger partial charge in [0.05, 0.1) is 11.9 Å². The lowest BCUT2D eigenvalue weighted by atomic mass is 10.1. The van der Waals surface area contributed by atoms with E-state index in [9.17, 15) is 9.59 Å². The van der Waals surface area contributed by atoms with E-state index in [4.69, 9.17) is 0 Å². The van der Waals surface area contributed by atoms with Gasteiger partial charge in [-0.2, -0.15) is 5.10 Å². The summed E-state index contributed by atoms with van der Waals surface area (Å²) in [6.45, 7) is 0.464. The highest BCUT2D eigenvalue weighted by Gasteiger charge is 2.16. The van der Waals surface area contributed by atoms with Gasteiger partial charge in [-0.05, 0) is 17.7 Å². The minimum atomic E-state index is -0.262. The fraction of sp³-hybridized carbons (Fsp3) is 0.154. The number of aryl methyl sites for hydroxylation is 1. The molecule has 1 aliphatic heterocycles. The lowest BCUT2D eigenvalue weighted by Crippen LogP contribution is -2.33. The highest BCUT2D eigenvalue weighted by molar-refractivity contribution is 6.05. The van der Waals surface area contributed by atoms with Crippen LogP contribution >= 0.6 is 0 Å². The second kappa shape index (κ2) is 4.69. The smallest absolute Gasteiger partial charge is 0.319 e. The predicted molar refractivity (Wildman–Crippen MR) is 73.5 cm³/mol. The van der Waals surface area contributed by atoms with Gasteiger partial charge in [-0.15, -0.1) is 0 Å². The molecule has 0 radical (unpaired) electrons. The lowest BCUT2D eigenvalue weighted by molar-refractivity contribution is 0.102. The maximum Gasteiger partial charge on any atom is 0.319 e. The van der Waals surface area contributed by atoms with Gasteiger partial charge in [0, 0.05) is 31.0 Å². The Morgan fingerprint density at radius 3 is 3.05 bits per heavy atom. The standard InChI is InChI=1S/C13H13N5O2/c1-18-7-10(6-15-18)16-12(19)8-2-3-9-5-14-13(20)17-11(9)4-8/h2-4,6-7H,5H2,1H3,(H,16,19)(H2,14,17,20). The van der Waals surface area contributed by atoms with Crippen LogP contribution in [0.1, 0.15) is 15.9 Å². The number of amides is 3. The number of carbonyl (C=O) groups excluding carboxylic acids is 2. The summed E-state index contributed by atoms with van der Waals surface area (Å²) in [7, 11) is 1.77. The third kappa shape index (κ3) is 2.33. The summed E-state index contributed by atoms with van der Waals surface area (Å²) in [6.07, 6.45) is 3.28. The van der Waals surface area contributed by atoms with Crippen LogP contribution in [0, 0.1) is 0 Å². The second-order valence-electron chi connectivity index (χ2n) is 4.54. The molecule has 1 aromatic carbocycles. The molecule has 1 aliphatic rings. The predicted octanol–water partition coefficient (Wildman–Crippen LogP) is 1.31. The van der Waals surface area contributed by atoms with Gasteiger partial charge in [0.15, 0.2) is 0 Å². The topological polar surface area (TPSA) is 88.0 Å². The van der Waals surface area contributed by atoms with Crippen LogP contribution in [0.3, 0.4) is 0 Å². The van der Waals surface area contributed by atoms with Gasteiger partial charge in [0.2, 0.25) is 0 Å². The molecule has 3 rings (SSSR count). The van der Waals surface area contributed by atoms with Crippen molar-refractivity contribution < 1.29 is 9.59 Å². The van der Waals surface area contributed by atoms with Crippen molar-refractivity contribution in [2.75, 3.05) is 10.6 Å². The number of nitrogens with zero attached hydrogens (tertiary/aromatic N) is 2. The van der Waals surface area contributed by atoms with Crippen LogP contribution in [-0.2, 0) is 13.6 Å². The molecule has 102 valence electrons. The summed E-state index contributed by atoms with van der Waals surface area (Å²) >= 11 is 0. The Balaban J connectivity index is 1.81. The van der Waals surface area contributed by atoms with Crippen molar-refractivity contribution in [1.82, 2.24) is 15.1 Å².